The van der Waals surface area contributed by atoms with E-state index in [1.807, 2.05) is 30.3 Å². The predicted molar refractivity (Wildman–Crippen MR) is 83.8 cm³/mol. The molecule has 3 aromatic rings. The van der Waals surface area contributed by atoms with Crippen LogP contribution < -0.4 is 5.32 Å². The minimum absolute atomic E-state index is 0.316. The summed E-state index contributed by atoms with van der Waals surface area (Å²) in [4.78, 5) is 16.4. The van der Waals surface area contributed by atoms with E-state index < -0.39 is 5.82 Å². The first-order valence-corrected chi connectivity index (χ1v) is 7.04. The highest BCUT2D eigenvalue weighted by molar-refractivity contribution is 9.10. The Morgan fingerprint density at radius 1 is 1.14 bits per heavy atom. The Labute approximate surface area is 128 Å². The molecule has 3 rings (SSSR count). The Morgan fingerprint density at radius 2 is 1.95 bits per heavy atom. The van der Waals surface area contributed by atoms with Gasteiger partial charge in [-0.25, -0.2) is 4.39 Å². The number of carbonyl (C=O) groups is 1. The maximum absolute atomic E-state index is 13.5. The van der Waals surface area contributed by atoms with Gasteiger partial charge in [0.1, 0.15) is 11.5 Å². The fraction of sp³-hybridized carbons (Fsp3) is 0. The number of hydrogen-bond donors (Lipinski definition) is 1. The number of benzene rings is 2. The van der Waals surface area contributed by atoms with E-state index in [0.29, 0.717) is 15.9 Å². The fourth-order valence-corrected chi connectivity index (χ4v) is 2.31. The Bertz CT molecular complexity index is 830. The number of aromatic nitrogens is 1. The van der Waals surface area contributed by atoms with Gasteiger partial charge in [0.2, 0.25) is 0 Å². The van der Waals surface area contributed by atoms with Crippen LogP contribution in [0.3, 0.4) is 0 Å². The molecule has 0 fully saturated rings. The normalized spacial score (nSPS) is 10.6. The van der Waals surface area contributed by atoms with E-state index in [4.69, 9.17) is 0 Å². The van der Waals surface area contributed by atoms with Gasteiger partial charge in [0.25, 0.3) is 5.91 Å². The van der Waals surface area contributed by atoms with Crippen molar-refractivity contribution >= 4 is 38.3 Å². The molecule has 0 saturated carbocycles. The number of hydrogen-bond acceptors (Lipinski definition) is 2. The summed E-state index contributed by atoms with van der Waals surface area (Å²) in [5, 5.41) is 4.35. The lowest BCUT2D eigenvalue weighted by molar-refractivity contribution is 0.102. The molecule has 5 heteroatoms. The SMILES string of the molecule is O=C(Nc1ccc(Br)c(F)c1)c1nccc2ccccc12. The van der Waals surface area contributed by atoms with Crippen LogP contribution in [-0.4, -0.2) is 10.9 Å². The summed E-state index contributed by atoms with van der Waals surface area (Å²) >= 11 is 3.07. The monoisotopic (exact) mass is 344 g/mol. The van der Waals surface area contributed by atoms with Gasteiger partial charge in [0.15, 0.2) is 0 Å². The smallest absolute Gasteiger partial charge is 0.274 e. The minimum atomic E-state index is -0.432. The maximum atomic E-state index is 13.5. The highest BCUT2D eigenvalue weighted by Crippen LogP contribution is 2.21. The fourth-order valence-electron chi connectivity index (χ4n) is 2.06. The van der Waals surface area contributed by atoms with E-state index in [-0.39, 0.29) is 5.91 Å². The van der Waals surface area contributed by atoms with E-state index in [9.17, 15) is 9.18 Å². The van der Waals surface area contributed by atoms with Crippen LogP contribution in [0.2, 0.25) is 0 Å². The average molecular weight is 345 g/mol. The molecule has 21 heavy (non-hydrogen) atoms. The molecule has 1 aromatic heterocycles. The van der Waals surface area contributed by atoms with Crippen LogP contribution in [0.15, 0.2) is 59.2 Å². The average Bonchev–Trinajstić information content (AvgIpc) is 2.50. The second kappa shape index (κ2) is 5.61. The van der Waals surface area contributed by atoms with Crippen molar-refractivity contribution in [3.8, 4) is 0 Å². The third-order valence-corrected chi connectivity index (χ3v) is 3.71. The number of rotatable bonds is 2. The molecule has 3 nitrogen and oxygen atoms in total. The lowest BCUT2D eigenvalue weighted by atomic mass is 10.1. The largest absolute Gasteiger partial charge is 0.321 e. The standard InChI is InChI=1S/C16H10BrFN2O/c17-13-6-5-11(9-14(13)18)20-16(21)15-12-4-2-1-3-10(12)7-8-19-15/h1-9H,(H,20,21). The van der Waals surface area contributed by atoms with Gasteiger partial charge in [-0.15, -0.1) is 0 Å². The molecule has 1 N–H and O–H groups in total. The van der Waals surface area contributed by atoms with Crippen LogP contribution >= 0.6 is 15.9 Å². The van der Waals surface area contributed by atoms with Crippen molar-refractivity contribution in [2.75, 3.05) is 5.32 Å². The molecule has 0 radical (unpaired) electrons. The molecule has 0 aliphatic rings. The summed E-state index contributed by atoms with van der Waals surface area (Å²) in [6.07, 6.45) is 1.58. The van der Waals surface area contributed by atoms with E-state index in [1.54, 1.807) is 18.3 Å². The highest BCUT2D eigenvalue weighted by atomic mass is 79.9. The highest BCUT2D eigenvalue weighted by Gasteiger charge is 2.12. The number of amides is 1. The maximum Gasteiger partial charge on any atom is 0.274 e. The van der Waals surface area contributed by atoms with Gasteiger partial charge in [-0.05, 0) is 45.6 Å². The lowest BCUT2D eigenvalue weighted by Crippen LogP contribution is -2.14. The van der Waals surface area contributed by atoms with Crippen LogP contribution in [-0.2, 0) is 0 Å². The molecular weight excluding hydrogens is 335 g/mol. The van der Waals surface area contributed by atoms with E-state index in [1.165, 1.54) is 6.07 Å². The third-order valence-electron chi connectivity index (χ3n) is 3.07. The number of carbonyl (C=O) groups excluding carboxylic acids is 1. The second-order valence-electron chi connectivity index (χ2n) is 4.46. The van der Waals surface area contributed by atoms with Crippen LogP contribution in [0.4, 0.5) is 10.1 Å². The molecular formula is C16H10BrFN2O. The molecule has 2 aromatic carbocycles. The molecule has 104 valence electrons. The van der Waals surface area contributed by atoms with Gasteiger partial charge in [0.05, 0.1) is 4.47 Å². The zero-order valence-corrected chi connectivity index (χ0v) is 12.4. The van der Waals surface area contributed by atoms with E-state index in [2.05, 4.69) is 26.2 Å². The number of anilines is 1. The Hall–Kier alpha value is -2.27. The number of pyridine rings is 1. The summed E-state index contributed by atoms with van der Waals surface area (Å²) in [6.45, 7) is 0. The Balaban J connectivity index is 1.95. The molecule has 0 atom stereocenters. The molecule has 0 spiro atoms. The number of fused-ring (bicyclic) bond motifs is 1. The van der Waals surface area contributed by atoms with Crippen LogP contribution in [0.25, 0.3) is 10.8 Å². The van der Waals surface area contributed by atoms with Gasteiger partial charge in [-0.2, -0.15) is 0 Å². The second-order valence-corrected chi connectivity index (χ2v) is 5.32. The first kappa shape index (κ1) is 13.7. The van der Waals surface area contributed by atoms with Crippen molar-refractivity contribution in [1.29, 1.82) is 0 Å². The van der Waals surface area contributed by atoms with Crippen molar-refractivity contribution in [2.45, 2.75) is 0 Å². The van der Waals surface area contributed by atoms with Crippen molar-refractivity contribution < 1.29 is 9.18 Å². The van der Waals surface area contributed by atoms with Gasteiger partial charge >= 0.3 is 0 Å². The molecule has 0 bridgehead atoms. The third kappa shape index (κ3) is 2.78. The van der Waals surface area contributed by atoms with Gasteiger partial charge in [-0.1, -0.05) is 24.3 Å². The number of halogens is 2. The summed E-state index contributed by atoms with van der Waals surface area (Å²) < 4.78 is 13.8. The Morgan fingerprint density at radius 3 is 2.76 bits per heavy atom. The van der Waals surface area contributed by atoms with Crippen LogP contribution in [0, 0.1) is 5.82 Å². The minimum Gasteiger partial charge on any atom is -0.321 e. The van der Waals surface area contributed by atoms with E-state index in [0.717, 1.165) is 10.8 Å². The van der Waals surface area contributed by atoms with Gasteiger partial charge in [0, 0.05) is 17.3 Å². The molecule has 0 aliphatic heterocycles. The summed E-state index contributed by atoms with van der Waals surface area (Å²) in [7, 11) is 0. The molecule has 0 unspecified atom stereocenters. The van der Waals surface area contributed by atoms with E-state index >= 15 is 0 Å². The van der Waals surface area contributed by atoms with Crippen LogP contribution in [0.5, 0.6) is 0 Å². The first-order chi connectivity index (χ1) is 10.1. The Kier molecular flexibility index (Phi) is 3.66. The molecule has 1 amide bonds. The summed E-state index contributed by atoms with van der Waals surface area (Å²) in [6, 6.07) is 13.7. The van der Waals surface area contributed by atoms with Gasteiger partial charge < -0.3 is 5.32 Å². The zero-order valence-electron chi connectivity index (χ0n) is 10.8. The molecule has 0 aliphatic carbocycles. The lowest BCUT2D eigenvalue weighted by Gasteiger charge is -2.07. The van der Waals surface area contributed by atoms with Crippen molar-refractivity contribution in [2.24, 2.45) is 0 Å². The number of nitrogens with zero attached hydrogens (tertiary/aromatic N) is 1. The van der Waals surface area contributed by atoms with Gasteiger partial charge in [-0.3, -0.25) is 9.78 Å². The first-order valence-electron chi connectivity index (χ1n) is 6.25. The van der Waals surface area contributed by atoms with Crippen molar-refractivity contribution in [3.05, 3.63) is 70.7 Å². The predicted octanol–water partition coefficient (Wildman–Crippen LogP) is 4.39. The number of nitrogens with one attached hydrogen (secondary N) is 1. The summed E-state index contributed by atoms with van der Waals surface area (Å²) in [5.41, 5.74) is 0.701. The van der Waals surface area contributed by atoms with Crippen molar-refractivity contribution in [3.63, 3.8) is 0 Å². The topological polar surface area (TPSA) is 42.0 Å². The zero-order chi connectivity index (χ0) is 14.8. The van der Waals surface area contributed by atoms with Crippen molar-refractivity contribution in [1.82, 2.24) is 4.98 Å². The molecule has 1 heterocycles. The molecule has 0 saturated heterocycles. The summed E-state index contributed by atoms with van der Waals surface area (Å²) in [5.74, 6) is -0.799. The quantitative estimate of drug-likeness (QED) is 0.749. The van der Waals surface area contributed by atoms with Crippen LogP contribution in [0.1, 0.15) is 10.5 Å².